The Morgan fingerprint density at radius 3 is 2.94 bits per heavy atom. The first kappa shape index (κ1) is 11.3. The summed E-state index contributed by atoms with van der Waals surface area (Å²) >= 11 is 4.80. The second kappa shape index (κ2) is 4.76. The highest BCUT2D eigenvalue weighted by atomic mass is 79.9. The normalized spacial score (nSPS) is 10.1. The molecule has 0 aromatic carbocycles. The highest BCUT2D eigenvalue weighted by Crippen LogP contribution is 2.21. The van der Waals surface area contributed by atoms with Crippen molar-refractivity contribution >= 4 is 39.0 Å². The maximum atomic E-state index is 11.8. The van der Waals surface area contributed by atoms with Crippen molar-refractivity contribution in [2.24, 2.45) is 0 Å². The third-order valence-electron chi connectivity index (χ3n) is 1.96. The SMILES string of the molecule is Cc1cccc(NC(=O)c2csc(Br)c2)n1. The number of nitrogens with zero attached hydrogens (tertiary/aromatic N) is 1. The van der Waals surface area contributed by atoms with E-state index in [9.17, 15) is 4.79 Å². The second-order valence-electron chi connectivity index (χ2n) is 3.26. The highest BCUT2D eigenvalue weighted by molar-refractivity contribution is 9.11. The quantitative estimate of drug-likeness (QED) is 0.922. The Kier molecular flexibility index (Phi) is 3.36. The van der Waals surface area contributed by atoms with Gasteiger partial charge in [0.1, 0.15) is 5.82 Å². The highest BCUT2D eigenvalue weighted by Gasteiger charge is 2.08. The van der Waals surface area contributed by atoms with Crippen LogP contribution in [0.5, 0.6) is 0 Å². The van der Waals surface area contributed by atoms with Gasteiger partial charge in [0.05, 0.1) is 9.35 Å². The van der Waals surface area contributed by atoms with Crippen LogP contribution in [0.25, 0.3) is 0 Å². The largest absolute Gasteiger partial charge is 0.307 e. The molecule has 0 saturated carbocycles. The summed E-state index contributed by atoms with van der Waals surface area (Å²) in [5.41, 5.74) is 1.52. The Hall–Kier alpha value is -1.20. The number of amides is 1. The van der Waals surface area contributed by atoms with Crippen LogP contribution in [-0.2, 0) is 0 Å². The zero-order valence-corrected chi connectivity index (χ0v) is 10.9. The lowest BCUT2D eigenvalue weighted by molar-refractivity contribution is 0.102. The lowest BCUT2D eigenvalue weighted by Gasteiger charge is -2.02. The minimum absolute atomic E-state index is 0.139. The molecule has 2 aromatic rings. The van der Waals surface area contributed by atoms with Gasteiger partial charge in [0.2, 0.25) is 0 Å². The van der Waals surface area contributed by atoms with Gasteiger partial charge < -0.3 is 5.32 Å². The molecule has 0 radical (unpaired) electrons. The summed E-state index contributed by atoms with van der Waals surface area (Å²) in [5, 5.41) is 4.55. The van der Waals surface area contributed by atoms with Crippen LogP contribution in [0.4, 0.5) is 5.82 Å². The number of pyridine rings is 1. The molecule has 3 nitrogen and oxygen atoms in total. The van der Waals surface area contributed by atoms with Crippen molar-refractivity contribution in [2.75, 3.05) is 5.32 Å². The van der Waals surface area contributed by atoms with Gasteiger partial charge in [0.15, 0.2) is 0 Å². The van der Waals surface area contributed by atoms with E-state index in [0.29, 0.717) is 11.4 Å². The van der Waals surface area contributed by atoms with E-state index in [1.807, 2.05) is 19.1 Å². The minimum Gasteiger partial charge on any atom is -0.307 e. The average Bonchev–Trinajstić information content (AvgIpc) is 2.65. The first-order valence-electron chi connectivity index (χ1n) is 4.64. The number of thiophene rings is 1. The number of aryl methyl sites for hydroxylation is 1. The van der Waals surface area contributed by atoms with Crippen LogP contribution in [0, 0.1) is 6.92 Å². The molecule has 16 heavy (non-hydrogen) atoms. The number of carbonyl (C=O) groups excluding carboxylic acids is 1. The van der Waals surface area contributed by atoms with Crippen molar-refractivity contribution in [3.8, 4) is 0 Å². The molecule has 1 amide bonds. The van der Waals surface area contributed by atoms with E-state index in [1.165, 1.54) is 11.3 Å². The number of aromatic nitrogens is 1. The number of rotatable bonds is 2. The number of anilines is 1. The molecule has 0 aliphatic heterocycles. The first-order valence-corrected chi connectivity index (χ1v) is 6.31. The fraction of sp³-hybridized carbons (Fsp3) is 0.0909. The molecule has 82 valence electrons. The first-order chi connectivity index (χ1) is 7.65. The second-order valence-corrected chi connectivity index (χ2v) is 5.55. The Labute approximate surface area is 106 Å². The molecule has 0 saturated heterocycles. The van der Waals surface area contributed by atoms with Crippen LogP contribution >= 0.6 is 27.3 Å². The van der Waals surface area contributed by atoms with Gasteiger partial charge >= 0.3 is 0 Å². The van der Waals surface area contributed by atoms with Crippen molar-refractivity contribution in [1.82, 2.24) is 4.98 Å². The number of halogens is 1. The summed E-state index contributed by atoms with van der Waals surface area (Å²) in [6, 6.07) is 7.31. The number of hydrogen-bond acceptors (Lipinski definition) is 3. The van der Waals surface area contributed by atoms with E-state index < -0.39 is 0 Å². The topological polar surface area (TPSA) is 42.0 Å². The van der Waals surface area contributed by atoms with Gasteiger partial charge in [0, 0.05) is 11.1 Å². The molecule has 0 unspecified atom stereocenters. The van der Waals surface area contributed by atoms with Crippen molar-refractivity contribution in [1.29, 1.82) is 0 Å². The molecular weight excluding hydrogens is 288 g/mol. The van der Waals surface area contributed by atoms with Gasteiger partial charge in [-0.05, 0) is 41.1 Å². The molecule has 5 heteroatoms. The van der Waals surface area contributed by atoms with E-state index in [4.69, 9.17) is 0 Å². The Morgan fingerprint density at radius 2 is 2.31 bits per heavy atom. The maximum absolute atomic E-state index is 11.8. The summed E-state index contributed by atoms with van der Waals surface area (Å²) in [6.07, 6.45) is 0. The van der Waals surface area contributed by atoms with Gasteiger partial charge in [-0.1, -0.05) is 6.07 Å². The predicted molar refractivity (Wildman–Crippen MR) is 68.9 cm³/mol. The van der Waals surface area contributed by atoms with E-state index >= 15 is 0 Å². The summed E-state index contributed by atoms with van der Waals surface area (Å²) in [6.45, 7) is 1.89. The van der Waals surface area contributed by atoms with Gasteiger partial charge in [0.25, 0.3) is 5.91 Å². The van der Waals surface area contributed by atoms with Crippen molar-refractivity contribution < 1.29 is 4.79 Å². The van der Waals surface area contributed by atoms with Gasteiger partial charge in [-0.15, -0.1) is 11.3 Å². The lowest BCUT2D eigenvalue weighted by Crippen LogP contribution is -2.12. The third kappa shape index (κ3) is 2.68. The minimum atomic E-state index is -0.139. The molecule has 0 spiro atoms. The van der Waals surface area contributed by atoms with Gasteiger partial charge in [-0.3, -0.25) is 4.79 Å². The number of hydrogen-bond donors (Lipinski definition) is 1. The lowest BCUT2D eigenvalue weighted by atomic mass is 10.3. The molecule has 2 heterocycles. The zero-order chi connectivity index (χ0) is 11.5. The molecule has 2 aromatic heterocycles. The van der Waals surface area contributed by atoms with E-state index in [1.54, 1.807) is 17.5 Å². The standard InChI is InChI=1S/C11H9BrN2OS/c1-7-3-2-4-10(13-7)14-11(15)8-5-9(12)16-6-8/h2-6H,1H3,(H,13,14,15). The van der Waals surface area contributed by atoms with Crippen LogP contribution in [0.3, 0.4) is 0 Å². The zero-order valence-electron chi connectivity index (χ0n) is 8.53. The van der Waals surface area contributed by atoms with Gasteiger partial charge in [-0.2, -0.15) is 0 Å². The molecule has 0 aliphatic rings. The Bertz CT molecular complexity index is 524. The fourth-order valence-corrected chi connectivity index (χ4v) is 2.37. The van der Waals surface area contributed by atoms with E-state index in [2.05, 4.69) is 26.2 Å². The van der Waals surface area contributed by atoms with E-state index in [-0.39, 0.29) is 5.91 Å². The summed E-state index contributed by atoms with van der Waals surface area (Å²) in [5.74, 6) is 0.437. The molecule has 0 fully saturated rings. The number of nitrogens with one attached hydrogen (secondary N) is 1. The van der Waals surface area contributed by atoms with Crippen LogP contribution in [0.2, 0.25) is 0 Å². The molecule has 2 rings (SSSR count). The van der Waals surface area contributed by atoms with Crippen molar-refractivity contribution in [3.05, 3.63) is 44.7 Å². The van der Waals surface area contributed by atoms with Crippen LogP contribution < -0.4 is 5.32 Å². The molecule has 0 bridgehead atoms. The summed E-state index contributed by atoms with van der Waals surface area (Å²) < 4.78 is 0.940. The van der Waals surface area contributed by atoms with Crippen LogP contribution in [-0.4, -0.2) is 10.9 Å². The third-order valence-corrected chi connectivity index (χ3v) is 3.46. The summed E-state index contributed by atoms with van der Waals surface area (Å²) in [7, 11) is 0. The van der Waals surface area contributed by atoms with E-state index in [0.717, 1.165) is 9.48 Å². The average molecular weight is 297 g/mol. The monoisotopic (exact) mass is 296 g/mol. The molecular formula is C11H9BrN2OS. The summed E-state index contributed by atoms with van der Waals surface area (Å²) in [4.78, 5) is 16.0. The molecule has 1 N–H and O–H groups in total. The van der Waals surface area contributed by atoms with Crippen molar-refractivity contribution in [3.63, 3.8) is 0 Å². The smallest absolute Gasteiger partial charge is 0.257 e. The number of carbonyl (C=O) groups is 1. The van der Waals surface area contributed by atoms with Gasteiger partial charge in [-0.25, -0.2) is 4.98 Å². The van der Waals surface area contributed by atoms with Crippen LogP contribution in [0.1, 0.15) is 16.1 Å². The fourth-order valence-electron chi connectivity index (χ4n) is 1.23. The maximum Gasteiger partial charge on any atom is 0.257 e. The molecule has 0 aliphatic carbocycles. The van der Waals surface area contributed by atoms with Crippen LogP contribution in [0.15, 0.2) is 33.4 Å². The molecule has 0 atom stereocenters. The Balaban J connectivity index is 2.13. The Morgan fingerprint density at radius 1 is 1.50 bits per heavy atom. The predicted octanol–water partition coefficient (Wildman–Crippen LogP) is 3.47. The van der Waals surface area contributed by atoms with Crippen molar-refractivity contribution in [2.45, 2.75) is 6.92 Å².